The number of rotatable bonds is 7. The smallest absolute Gasteiger partial charge is 0.130 e. The van der Waals surface area contributed by atoms with Gasteiger partial charge in [0.05, 0.1) is 6.10 Å². The van der Waals surface area contributed by atoms with Crippen molar-refractivity contribution in [1.82, 2.24) is 9.97 Å². The lowest BCUT2D eigenvalue weighted by atomic mass is 9.96. The van der Waals surface area contributed by atoms with Gasteiger partial charge in [-0.25, -0.2) is 9.97 Å². The summed E-state index contributed by atoms with van der Waals surface area (Å²) in [5.41, 5.74) is 1.03. The van der Waals surface area contributed by atoms with Crippen LogP contribution in [0.25, 0.3) is 0 Å². The molecule has 0 aliphatic rings. The largest absolute Gasteiger partial charge is 0.391 e. The molecule has 1 rings (SSSR count). The molecule has 4 heteroatoms. The fourth-order valence-electron chi connectivity index (χ4n) is 2.11. The van der Waals surface area contributed by atoms with Crippen molar-refractivity contribution in [2.24, 2.45) is 5.92 Å². The van der Waals surface area contributed by atoms with Crippen molar-refractivity contribution < 1.29 is 5.11 Å². The molecule has 0 amide bonds. The van der Waals surface area contributed by atoms with Crippen molar-refractivity contribution in [2.45, 2.75) is 53.1 Å². The summed E-state index contributed by atoms with van der Waals surface area (Å²) in [4.78, 5) is 8.66. The number of anilines is 1. The molecule has 0 aliphatic heterocycles. The molecule has 0 fully saturated rings. The van der Waals surface area contributed by atoms with E-state index in [0.717, 1.165) is 36.6 Å². The number of nitrogens with zero attached hydrogens (tertiary/aromatic N) is 2. The van der Waals surface area contributed by atoms with Crippen molar-refractivity contribution >= 4 is 5.82 Å². The second-order valence-corrected chi connectivity index (χ2v) is 4.67. The van der Waals surface area contributed by atoms with E-state index < -0.39 is 0 Å². The third kappa shape index (κ3) is 4.26. The second-order valence-electron chi connectivity index (χ2n) is 4.67. The zero-order chi connectivity index (χ0) is 13.5. The van der Waals surface area contributed by atoms with Gasteiger partial charge in [-0.2, -0.15) is 0 Å². The first-order valence-electron chi connectivity index (χ1n) is 6.87. The quantitative estimate of drug-likeness (QED) is 0.782. The normalized spacial score (nSPS) is 12.8. The van der Waals surface area contributed by atoms with Crippen LogP contribution in [0, 0.1) is 12.8 Å². The second kappa shape index (κ2) is 7.31. The Balaban J connectivity index is 2.60. The third-order valence-electron chi connectivity index (χ3n) is 3.34. The molecule has 1 unspecified atom stereocenters. The van der Waals surface area contributed by atoms with Gasteiger partial charge in [-0.3, -0.25) is 0 Å². The summed E-state index contributed by atoms with van der Waals surface area (Å²) >= 11 is 0. The van der Waals surface area contributed by atoms with Crippen LogP contribution < -0.4 is 5.32 Å². The highest BCUT2D eigenvalue weighted by molar-refractivity contribution is 5.36. The maximum Gasteiger partial charge on any atom is 0.130 e. The average Bonchev–Trinajstić information content (AvgIpc) is 2.37. The van der Waals surface area contributed by atoms with Crippen molar-refractivity contribution in [3.63, 3.8) is 0 Å². The van der Waals surface area contributed by atoms with Crippen molar-refractivity contribution in [1.29, 1.82) is 0 Å². The van der Waals surface area contributed by atoms with E-state index in [0.29, 0.717) is 12.5 Å². The maximum absolute atomic E-state index is 10.1. The standard InChI is InChI=1S/C14H25N3O/c1-5-11(6-2)13(18)9-15-14-8-12(7-3)16-10(4)17-14/h8,11,13,18H,5-7,9H2,1-4H3,(H,15,16,17). The summed E-state index contributed by atoms with van der Waals surface area (Å²) in [5.74, 6) is 1.93. The van der Waals surface area contributed by atoms with Crippen LogP contribution in [0.15, 0.2) is 6.07 Å². The fourth-order valence-corrected chi connectivity index (χ4v) is 2.11. The lowest BCUT2D eigenvalue weighted by Gasteiger charge is -2.20. The third-order valence-corrected chi connectivity index (χ3v) is 3.34. The Morgan fingerprint density at radius 1 is 1.22 bits per heavy atom. The molecule has 4 nitrogen and oxygen atoms in total. The molecular formula is C14H25N3O. The van der Waals surface area contributed by atoms with Gasteiger partial charge >= 0.3 is 0 Å². The molecule has 18 heavy (non-hydrogen) atoms. The van der Waals surface area contributed by atoms with Gasteiger partial charge in [-0.1, -0.05) is 33.6 Å². The number of hydrogen-bond acceptors (Lipinski definition) is 4. The summed E-state index contributed by atoms with van der Waals surface area (Å²) in [6.45, 7) is 8.74. The minimum absolute atomic E-state index is 0.319. The molecule has 1 heterocycles. The van der Waals surface area contributed by atoms with Crippen LogP contribution in [0.2, 0.25) is 0 Å². The van der Waals surface area contributed by atoms with Crippen molar-refractivity contribution in [2.75, 3.05) is 11.9 Å². The summed E-state index contributed by atoms with van der Waals surface area (Å²) < 4.78 is 0. The Bertz CT molecular complexity index is 364. The predicted octanol–water partition coefficient (Wildman–Crippen LogP) is 2.56. The molecule has 0 radical (unpaired) electrons. The lowest BCUT2D eigenvalue weighted by Crippen LogP contribution is -2.28. The Kier molecular flexibility index (Phi) is 6.05. The fraction of sp³-hybridized carbons (Fsp3) is 0.714. The van der Waals surface area contributed by atoms with Gasteiger partial charge in [0.2, 0.25) is 0 Å². The highest BCUT2D eigenvalue weighted by atomic mass is 16.3. The molecule has 1 atom stereocenters. The molecule has 0 saturated carbocycles. The number of aryl methyl sites for hydroxylation is 2. The minimum Gasteiger partial charge on any atom is -0.391 e. The van der Waals surface area contributed by atoms with Gasteiger partial charge < -0.3 is 10.4 Å². The van der Waals surface area contributed by atoms with Crippen LogP contribution in [0.5, 0.6) is 0 Å². The van der Waals surface area contributed by atoms with Crippen molar-refractivity contribution in [3.8, 4) is 0 Å². The molecule has 0 spiro atoms. The number of aromatic nitrogens is 2. The first-order chi connectivity index (χ1) is 8.60. The van der Waals surface area contributed by atoms with Crippen LogP contribution in [0.3, 0.4) is 0 Å². The molecule has 102 valence electrons. The minimum atomic E-state index is -0.319. The molecule has 0 aliphatic carbocycles. The zero-order valence-electron chi connectivity index (χ0n) is 11.9. The lowest BCUT2D eigenvalue weighted by molar-refractivity contribution is 0.114. The van der Waals surface area contributed by atoms with Gasteiger partial charge in [-0.15, -0.1) is 0 Å². The van der Waals surface area contributed by atoms with Crippen LogP contribution in [0.1, 0.15) is 45.1 Å². The van der Waals surface area contributed by atoms with Crippen LogP contribution in [-0.2, 0) is 6.42 Å². The average molecular weight is 251 g/mol. The Morgan fingerprint density at radius 3 is 2.44 bits per heavy atom. The topological polar surface area (TPSA) is 58.0 Å². The first kappa shape index (κ1) is 14.9. The van der Waals surface area contributed by atoms with E-state index in [4.69, 9.17) is 0 Å². The van der Waals surface area contributed by atoms with Crippen LogP contribution in [-0.4, -0.2) is 27.7 Å². The molecule has 0 bridgehead atoms. The van der Waals surface area contributed by atoms with Crippen LogP contribution in [0.4, 0.5) is 5.82 Å². The number of hydrogen-bond donors (Lipinski definition) is 2. The van der Waals surface area contributed by atoms with Gasteiger partial charge in [0.25, 0.3) is 0 Å². The zero-order valence-corrected chi connectivity index (χ0v) is 11.9. The van der Waals surface area contributed by atoms with Crippen molar-refractivity contribution in [3.05, 3.63) is 17.6 Å². The van der Waals surface area contributed by atoms with Gasteiger partial charge in [0.15, 0.2) is 0 Å². The highest BCUT2D eigenvalue weighted by Gasteiger charge is 2.15. The SMILES string of the molecule is CCc1cc(NCC(O)C(CC)CC)nc(C)n1. The highest BCUT2D eigenvalue weighted by Crippen LogP contribution is 2.14. The maximum atomic E-state index is 10.1. The molecule has 0 saturated heterocycles. The molecular weight excluding hydrogens is 226 g/mol. The van der Waals surface area contributed by atoms with Crippen LogP contribution >= 0.6 is 0 Å². The van der Waals surface area contributed by atoms with E-state index in [2.05, 4.69) is 36.1 Å². The number of aliphatic hydroxyl groups excluding tert-OH is 1. The van der Waals surface area contributed by atoms with E-state index in [1.54, 1.807) is 0 Å². The predicted molar refractivity (Wildman–Crippen MR) is 74.7 cm³/mol. The monoisotopic (exact) mass is 251 g/mol. The molecule has 2 N–H and O–H groups in total. The Hall–Kier alpha value is -1.16. The van der Waals surface area contributed by atoms with E-state index >= 15 is 0 Å². The van der Waals surface area contributed by atoms with E-state index in [1.165, 1.54) is 0 Å². The Labute approximate surface area is 110 Å². The molecule has 0 aromatic carbocycles. The number of aliphatic hydroxyl groups is 1. The van der Waals surface area contributed by atoms with E-state index in [-0.39, 0.29) is 6.10 Å². The summed E-state index contributed by atoms with van der Waals surface area (Å²) in [5, 5.41) is 13.3. The molecule has 1 aromatic rings. The van der Waals surface area contributed by atoms with Gasteiger partial charge in [0.1, 0.15) is 11.6 Å². The van der Waals surface area contributed by atoms with Gasteiger partial charge in [-0.05, 0) is 19.3 Å². The molecule has 1 aromatic heterocycles. The summed E-state index contributed by atoms with van der Waals surface area (Å²) in [6, 6.07) is 1.95. The number of nitrogens with one attached hydrogen (secondary N) is 1. The van der Waals surface area contributed by atoms with E-state index in [9.17, 15) is 5.11 Å². The summed E-state index contributed by atoms with van der Waals surface area (Å²) in [7, 11) is 0. The first-order valence-corrected chi connectivity index (χ1v) is 6.87. The van der Waals surface area contributed by atoms with E-state index in [1.807, 2.05) is 13.0 Å². The Morgan fingerprint density at radius 2 is 1.89 bits per heavy atom. The summed E-state index contributed by atoms with van der Waals surface area (Å²) in [6.07, 6.45) is 2.58. The van der Waals surface area contributed by atoms with Gasteiger partial charge in [0, 0.05) is 18.3 Å².